The van der Waals surface area contributed by atoms with Crippen LogP contribution in [-0.4, -0.2) is 72.7 Å². The maximum absolute atomic E-state index is 12.3. The highest BCUT2D eigenvalue weighted by molar-refractivity contribution is 14.0. The van der Waals surface area contributed by atoms with Gasteiger partial charge in [0.15, 0.2) is 12.6 Å². The lowest BCUT2D eigenvalue weighted by Crippen LogP contribution is -2.45. The molecule has 0 atom stereocenters. The van der Waals surface area contributed by atoms with Crippen molar-refractivity contribution in [2.75, 3.05) is 39.8 Å². The first kappa shape index (κ1) is 27.2. The van der Waals surface area contributed by atoms with E-state index in [2.05, 4.69) is 20.0 Å². The van der Waals surface area contributed by atoms with Gasteiger partial charge in [-0.05, 0) is 26.3 Å². The Morgan fingerprint density at radius 3 is 2.38 bits per heavy atom. The van der Waals surface area contributed by atoms with Gasteiger partial charge in [-0.15, -0.1) is 24.0 Å². The summed E-state index contributed by atoms with van der Waals surface area (Å²) in [7, 11) is 1.77. The van der Waals surface area contributed by atoms with Crippen LogP contribution in [-0.2, 0) is 11.3 Å². The van der Waals surface area contributed by atoms with E-state index in [0.29, 0.717) is 31.2 Å². The summed E-state index contributed by atoms with van der Waals surface area (Å²) in [5, 5.41) is 3.12. The minimum Gasteiger partial charge on any atom is -0.468 e. The van der Waals surface area contributed by atoms with Crippen molar-refractivity contribution in [1.82, 2.24) is 20.1 Å². The highest BCUT2D eigenvalue weighted by Gasteiger charge is 2.28. The zero-order chi connectivity index (χ0) is 21.2. The molecule has 0 saturated heterocycles. The molecule has 0 aliphatic heterocycles. The van der Waals surface area contributed by atoms with Crippen LogP contribution in [0.2, 0.25) is 0 Å². The van der Waals surface area contributed by atoms with Crippen molar-refractivity contribution in [3.05, 3.63) is 23.9 Å². The molecule has 1 rings (SSSR count). The monoisotopic (exact) mass is 531 g/mol. The number of carbonyl (C=O) groups excluding carboxylic acids is 1. The van der Waals surface area contributed by atoms with E-state index in [-0.39, 0.29) is 48.9 Å². The summed E-state index contributed by atoms with van der Waals surface area (Å²) < 4.78 is 41.0. The first-order chi connectivity index (χ1) is 13.2. The number of carbonyl (C=O) groups is 1. The summed E-state index contributed by atoms with van der Waals surface area (Å²) in [5.74, 6) is 0.463. The molecule has 1 heterocycles. The minimum absolute atomic E-state index is 0. The van der Waals surface area contributed by atoms with Crippen molar-refractivity contribution in [2.45, 2.75) is 33.5 Å². The first-order valence-corrected chi connectivity index (χ1v) is 9.11. The second-order valence-electron chi connectivity index (χ2n) is 6.00. The van der Waals surface area contributed by atoms with Gasteiger partial charge in [0.05, 0.1) is 13.1 Å². The summed E-state index contributed by atoms with van der Waals surface area (Å²) in [6.07, 6.45) is -2.99. The fraction of sp³-hybridized carbons (Fsp3) is 0.611. The van der Waals surface area contributed by atoms with Crippen LogP contribution in [0.3, 0.4) is 0 Å². The number of aromatic nitrogens is 1. The highest BCUT2D eigenvalue weighted by atomic mass is 127. The van der Waals surface area contributed by atoms with Crippen molar-refractivity contribution in [1.29, 1.82) is 0 Å². The molecule has 7 nitrogen and oxygen atoms in total. The highest BCUT2D eigenvalue weighted by Crippen LogP contribution is 2.17. The summed E-state index contributed by atoms with van der Waals surface area (Å²) in [6.45, 7) is 6.76. The van der Waals surface area contributed by atoms with Crippen LogP contribution in [0.4, 0.5) is 13.2 Å². The smallest absolute Gasteiger partial charge is 0.422 e. The quantitative estimate of drug-likeness (QED) is 0.302. The number of halogens is 4. The molecule has 1 aromatic heterocycles. The number of likely N-dealkylation sites (N-methyl/N-ethyl adjacent to an activating group) is 2. The SMILES string of the molecule is CCNC(=NCc1ccc(OCC(F)(F)F)nc1)N(C)CC(=O)N(CC)CC.I. The lowest BCUT2D eigenvalue weighted by molar-refractivity contribution is -0.154. The van der Waals surface area contributed by atoms with Crippen molar-refractivity contribution < 1.29 is 22.7 Å². The van der Waals surface area contributed by atoms with E-state index >= 15 is 0 Å². The van der Waals surface area contributed by atoms with Crippen LogP contribution in [0.5, 0.6) is 5.88 Å². The maximum atomic E-state index is 12.3. The average molecular weight is 531 g/mol. The van der Waals surface area contributed by atoms with Crippen LogP contribution in [0.25, 0.3) is 0 Å². The van der Waals surface area contributed by atoms with E-state index in [0.717, 1.165) is 0 Å². The Balaban J connectivity index is 0.00000784. The van der Waals surface area contributed by atoms with E-state index in [9.17, 15) is 18.0 Å². The molecule has 0 aliphatic rings. The number of guanidine groups is 1. The number of pyridine rings is 1. The number of aliphatic imine (C=N–C) groups is 1. The number of hydrogen-bond donors (Lipinski definition) is 1. The van der Waals surface area contributed by atoms with E-state index in [1.165, 1.54) is 12.3 Å². The van der Waals surface area contributed by atoms with Crippen molar-refractivity contribution in [3.63, 3.8) is 0 Å². The molecule has 0 radical (unpaired) electrons. The molecule has 1 aromatic rings. The summed E-state index contributed by atoms with van der Waals surface area (Å²) in [5.41, 5.74) is 0.707. The third kappa shape index (κ3) is 10.5. The molecular formula is C18H29F3IN5O2. The summed E-state index contributed by atoms with van der Waals surface area (Å²) >= 11 is 0. The number of hydrogen-bond acceptors (Lipinski definition) is 4. The predicted octanol–water partition coefficient (Wildman–Crippen LogP) is 2.91. The Morgan fingerprint density at radius 1 is 1.24 bits per heavy atom. The molecule has 11 heteroatoms. The Labute approximate surface area is 186 Å². The van der Waals surface area contributed by atoms with Gasteiger partial charge in [0, 0.05) is 38.9 Å². The number of rotatable bonds is 9. The molecule has 0 spiro atoms. The van der Waals surface area contributed by atoms with Gasteiger partial charge in [-0.3, -0.25) is 4.79 Å². The lowest BCUT2D eigenvalue weighted by Gasteiger charge is -2.25. The zero-order valence-electron chi connectivity index (χ0n) is 17.1. The zero-order valence-corrected chi connectivity index (χ0v) is 19.5. The Morgan fingerprint density at radius 2 is 1.90 bits per heavy atom. The maximum Gasteiger partial charge on any atom is 0.422 e. The van der Waals surface area contributed by atoms with Gasteiger partial charge in [-0.25, -0.2) is 9.98 Å². The van der Waals surface area contributed by atoms with Gasteiger partial charge in [-0.2, -0.15) is 13.2 Å². The molecule has 0 bridgehead atoms. The van der Waals surface area contributed by atoms with E-state index in [4.69, 9.17) is 0 Å². The number of nitrogens with zero attached hydrogens (tertiary/aromatic N) is 4. The van der Waals surface area contributed by atoms with Crippen molar-refractivity contribution in [3.8, 4) is 5.88 Å². The van der Waals surface area contributed by atoms with Gasteiger partial charge < -0.3 is 19.9 Å². The first-order valence-electron chi connectivity index (χ1n) is 9.11. The van der Waals surface area contributed by atoms with Gasteiger partial charge in [0.2, 0.25) is 11.8 Å². The number of ether oxygens (including phenoxy) is 1. The Kier molecular flexibility index (Phi) is 12.6. The third-order valence-corrected chi connectivity index (χ3v) is 3.78. The van der Waals surface area contributed by atoms with Gasteiger partial charge >= 0.3 is 6.18 Å². The van der Waals surface area contributed by atoms with Crippen molar-refractivity contribution in [2.24, 2.45) is 4.99 Å². The lowest BCUT2D eigenvalue weighted by atomic mass is 10.3. The van der Waals surface area contributed by atoms with Gasteiger partial charge in [-0.1, -0.05) is 6.07 Å². The number of nitrogens with one attached hydrogen (secondary N) is 1. The minimum atomic E-state index is -4.40. The number of alkyl halides is 3. The standard InChI is InChI=1S/C18H28F3N5O2.HI/c1-5-22-17(25(4)12-16(27)26(6-2)7-3)24-11-14-8-9-15(23-10-14)28-13-18(19,20)21;/h8-10H,5-7,11-13H2,1-4H3,(H,22,24);1H. The molecule has 0 unspecified atom stereocenters. The second kappa shape index (κ2) is 13.4. The second-order valence-corrected chi connectivity index (χ2v) is 6.00. The average Bonchev–Trinajstić information content (AvgIpc) is 2.64. The van der Waals surface area contributed by atoms with Crippen LogP contribution in [0.1, 0.15) is 26.3 Å². The molecule has 0 aliphatic carbocycles. The van der Waals surface area contributed by atoms with E-state index < -0.39 is 12.8 Å². The fourth-order valence-corrected chi connectivity index (χ4v) is 2.34. The predicted molar refractivity (Wildman–Crippen MR) is 117 cm³/mol. The largest absolute Gasteiger partial charge is 0.468 e. The fourth-order valence-electron chi connectivity index (χ4n) is 2.34. The normalized spacial score (nSPS) is 11.5. The van der Waals surface area contributed by atoms with Crippen LogP contribution in [0, 0.1) is 0 Å². The van der Waals surface area contributed by atoms with Crippen molar-refractivity contribution >= 4 is 35.8 Å². The van der Waals surface area contributed by atoms with Crippen LogP contribution < -0.4 is 10.1 Å². The molecule has 1 N–H and O–H groups in total. The summed E-state index contributed by atoms with van der Waals surface area (Å²) in [6, 6.07) is 2.98. The molecule has 166 valence electrons. The number of amides is 1. The Bertz CT molecular complexity index is 637. The molecule has 0 aromatic carbocycles. The molecule has 0 fully saturated rings. The van der Waals surface area contributed by atoms with Gasteiger partial charge in [0.25, 0.3) is 0 Å². The topological polar surface area (TPSA) is 70.1 Å². The van der Waals surface area contributed by atoms with E-state index in [1.54, 1.807) is 22.9 Å². The van der Waals surface area contributed by atoms with Gasteiger partial charge in [0.1, 0.15) is 0 Å². The van der Waals surface area contributed by atoms with Crippen LogP contribution >= 0.6 is 24.0 Å². The van der Waals surface area contributed by atoms with E-state index in [1.807, 2.05) is 20.8 Å². The Hall–Kier alpha value is -1.79. The molecular weight excluding hydrogens is 502 g/mol. The molecule has 1 amide bonds. The third-order valence-electron chi connectivity index (χ3n) is 3.78. The van der Waals surface area contributed by atoms with Crippen LogP contribution in [0.15, 0.2) is 23.3 Å². The summed E-state index contributed by atoms with van der Waals surface area (Å²) in [4.78, 5) is 24.1. The molecule has 0 saturated carbocycles. The molecule has 29 heavy (non-hydrogen) atoms.